The van der Waals surface area contributed by atoms with Crippen LogP contribution in [0, 0.1) is 10.8 Å². The van der Waals surface area contributed by atoms with Crippen LogP contribution in [0.1, 0.15) is 26.7 Å². The predicted octanol–water partition coefficient (Wildman–Crippen LogP) is 2.53. The van der Waals surface area contributed by atoms with E-state index in [1.54, 1.807) is 7.11 Å². The summed E-state index contributed by atoms with van der Waals surface area (Å²) in [6.45, 7) is 4.03. The Morgan fingerprint density at radius 2 is 2.35 bits per heavy atom. The van der Waals surface area contributed by atoms with Crippen molar-refractivity contribution in [3.63, 3.8) is 0 Å². The first kappa shape index (κ1) is 13.4. The van der Waals surface area contributed by atoms with Crippen molar-refractivity contribution in [1.82, 2.24) is 0 Å². The number of carbonyl (C=O) groups excluding carboxylic acids is 1. The monoisotopic (exact) mass is 239 g/mol. The zero-order valence-electron chi connectivity index (χ0n) is 10.4. The van der Waals surface area contributed by atoms with Crippen LogP contribution in [-0.2, 0) is 14.3 Å². The van der Waals surface area contributed by atoms with Crippen molar-refractivity contribution >= 4 is 5.91 Å². The second kappa shape index (κ2) is 6.18. The molecule has 0 saturated carbocycles. The Labute approximate surface area is 100 Å². The van der Waals surface area contributed by atoms with Crippen LogP contribution in [0.4, 0.5) is 0 Å². The fourth-order valence-corrected chi connectivity index (χ4v) is 1.74. The number of hydrogen-bond acceptors (Lipinski definition) is 4. The van der Waals surface area contributed by atoms with E-state index in [0.717, 1.165) is 23.5 Å². The third kappa shape index (κ3) is 3.41. The third-order valence-electron chi connectivity index (χ3n) is 2.74. The minimum Gasteiger partial charge on any atom is -0.501 e. The molecule has 17 heavy (non-hydrogen) atoms. The molecule has 0 aromatic rings. The number of nitrogens with zero attached hydrogens (tertiary/aromatic N) is 1. The molecule has 0 fully saturated rings. The van der Waals surface area contributed by atoms with Gasteiger partial charge in [-0.3, -0.25) is 4.79 Å². The summed E-state index contributed by atoms with van der Waals surface area (Å²) in [5.41, 5.74) is 0.903. The van der Waals surface area contributed by atoms with Gasteiger partial charge in [-0.1, -0.05) is 6.92 Å². The normalized spacial score (nSPS) is 20.9. The van der Waals surface area contributed by atoms with Gasteiger partial charge in [0.15, 0.2) is 0 Å². The van der Waals surface area contributed by atoms with Gasteiger partial charge in [0.25, 0.3) is 5.91 Å². The van der Waals surface area contributed by atoms with E-state index in [9.17, 15) is 9.70 Å². The Morgan fingerprint density at radius 1 is 1.65 bits per heavy atom. The summed E-state index contributed by atoms with van der Waals surface area (Å²) >= 11 is 0. The SMILES string of the molecule is CCC1=C(/C=C(\C)OC)CC(C(=O)N=O)CO1. The van der Waals surface area contributed by atoms with Crippen molar-refractivity contribution in [1.29, 1.82) is 0 Å². The summed E-state index contributed by atoms with van der Waals surface area (Å²) in [6.07, 6.45) is 3.07. The minimum atomic E-state index is -0.652. The second-order valence-electron chi connectivity index (χ2n) is 3.90. The number of rotatable bonds is 4. The van der Waals surface area contributed by atoms with E-state index in [-0.39, 0.29) is 6.61 Å². The number of methoxy groups -OCH3 is 1. The lowest BCUT2D eigenvalue weighted by atomic mass is 9.95. The molecule has 0 aromatic carbocycles. The van der Waals surface area contributed by atoms with Crippen molar-refractivity contribution in [2.24, 2.45) is 11.1 Å². The fourth-order valence-electron chi connectivity index (χ4n) is 1.74. The number of nitroso groups, excluding NO2 is 1. The molecule has 5 heteroatoms. The van der Waals surface area contributed by atoms with E-state index in [0.29, 0.717) is 6.42 Å². The zero-order valence-corrected chi connectivity index (χ0v) is 10.4. The van der Waals surface area contributed by atoms with Gasteiger partial charge in [0.1, 0.15) is 0 Å². The van der Waals surface area contributed by atoms with Crippen molar-refractivity contribution in [3.05, 3.63) is 28.1 Å². The highest BCUT2D eigenvalue weighted by atomic mass is 16.5. The van der Waals surface area contributed by atoms with E-state index in [1.807, 2.05) is 19.9 Å². The maximum absolute atomic E-state index is 11.2. The van der Waals surface area contributed by atoms with Gasteiger partial charge in [-0.25, -0.2) is 0 Å². The Bertz CT molecular complexity index is 371. The van der Waals surface area contributed by atoms with Crippen LogP contribution in [0.3, 0.4) is 0 Å². The highest BCUT2D eigenvalue weighted by molar-refractivity contribution is 5.80. The standard InChI is InChI=1S/C12H17NO4/c1-4-11-9(5-8(2)16-3)6-10(7-17-11)12(14)13-15/h5,10H,4,6-7H2,1-3H3/b8-5+. The Kier molecular flexibility index (Phi) is 4.87. The lowest BCUT2D eigenvalue weighted by molar-refractivity contribution is -0.123. The van der Waals surface area contributed by atoms with Gasteiger partial charge in [-0.05, 0) is 25.0 Å². The van der Waals surface area contributed by atoms with Crippen LogP contribution in [0.25, 0.3) is 0 Å². The van der Waals surface area contributed by atoms with Crippen molar-refractivity contribution in [3.8, 4) is 0 Å². The molecule has 94 valence electrons. The number of ether oxygens (including phenoxy) is 2. The molecule has 1 aliphatic rings. The topological polar surface area (TPSA) is 65.0 Å². The molecule has 1 unspecified atom stereocenters. The number of allylic oxidation sites excluding steroid dienone is 4. The Balaban J connectivity index is 2.91. The Morgan fingerprint density at radius 3 is 2.88 bits per heavy atom. The van der Waals surface area contributed by atoms with E-state index in [1.165, 1.54) is 0 Å². The highest BCUT2D eigenvalue weighted by Crippen LogP contribution is 2.28. The molecule has 1 rings (SSSR count). The quantitative estimate of drug-likeness (QED) is 0.558. The molecule has 0 bridgehead atoms. The average Bonchev–Trinajstić information content (AvgIpc) is 2.37. The van der Waals surface area contributed by atoms with Gasteiger partial charge in [-0.15, -0.1) is 4.91 Å². The molecule has 1 heterocycles. The summed E-state index contributed by atoms with van der Waals surface area (Å²) in [4.78, 5) is 21.5. The summed E-state index contributed by atoms with van der Waals surface area (Å²) < 4.78 is 10.5. The largest absolute Gasteiger partial charge is 0.501 e. The average molecular weight is 239 g/mol. The highest BCUT2D eigenvalue weighted by Gasteiger charge is 2.27. The summed E-state index contributed by atoms with van der Waals surface area (Å²) in [6, 6.07) is 0. The van der Waals surface area contributed by atoms with Crippen LogP contribution in [-0.4, -0.2) is 19.6 Å². The van der Waals surface area contributed by atoms with Gasteiger partial charge in [0, 0.05) is 11.6 Å². The number of carbonyl (C=O) groups is 1. The fraction of sp³-hybridized carbons (Fsp3) is 0.583. The van der Waals surface area contributed by atoms with Gasteiger partial charge >= 0.3 is 0 Å². The van der Waals surface area contributed by atoms with Gasteiger partial charge in [0.05, 0.1) is 31.2 Å². The summed E-state index contributed by atoms with van der Waals surface area (Å²) in [5, 5.41) is 2.45. The van der Waals surface area contributed by atoms with E-state index < -0.39 is 11.8 Å². The zero-order chi connectivity index (χ0) is 12.8. The number of amides is 1. The van der Waals surface area contributed by atoms with E-state index >= 15 is 0 Å². The first-order chi connectivity index (χ1) is 8.12. The van der Waals surface area contributed by atoms with Gasteiger partial charge < -0.3 is 9.47 Å². The lowest BCUT2D eigenvalue weighted by Crippen LogP contribution is -2.23. The maximum atomic E-state index is 11.2. The minimum absolute atomic E-state index is 0.233. The predicted molar refractivity (Wildman–Crippen MR) is 62.9 cm³/mol. The number of hydrogen-bond donors (Lipinski definition) is 0. The van der Waals surface area contributed by atoms with Crippen LogP contribution in [0.5, 0.6) is 0 Å². The molecule has 0 aromatic heterocycles. The molecule has 1 atom stereocenters. The van der Waals surface area contributed by atoms with Crippen LogP contribution < -0.4 is 0 Å². The van der Waals surface area contributed by atoms with Crippen molar-refractivity contribution in [2.45, 2.75) is 26.7 Å². The summed E-state index contributed by atoms with van der Waals surface area (Å²) in [7, 11) is 1.58. The first-order valence-corrected chi connectivity index (χ1v) is 5.56. The van der Waals surface area contributed by atoms with E-state index in [2.05, 4.69) is 5.18 Å². The van der Waals surface area contributed by atoms with E-state index in [4.69, 9.17) is 9.47 Å². The second-order valence-corrected chi connectivity index (χ2v) is 3.90. The molecule has 1 amide bonds. The van der Waals surface area contributed by atoms with Gasteiger partial charge in [0.2, 0.25) is 0 Å². The molecular weight excluding hydrogens is 222 g/mol. The molecule has 0 N–H and O–H groups in total. The molecule has 0 saturated heterocycles. The van der Waals surface area contributed by atoms with Crippen LogP contribution in [0.15, 0.2) is 28.3 Å². The van der Waals surface area contributed by atoms with Crippen LogP contribution in [0.2, 0.25) is 0 Å². The molecular formula is C12H17NO4. The third-order valence-corrected chi connectivity index (χ3v) is 2.74. The smallest absolute Gasteiger partial charge is 0.293 e. The van der Waals surface area contributed by atoms with Crippen molar-refractivity contribution < 1.29 is 14.3 Å². The molecule has 1 aliphatic heterocycles. The first-order valence-electron chi connectivity index (χ1n) is 5.56. The van der Waals surface area contributed by atoms with Crippen LogP contribution >= 0.6 is 0 Å². The molecule has 0 aliphatic carbocycles. The lowest BCUT2D eigenvalue weighted by Gasteiger charge is -2.24. The summed E-state index contributed by atoms with van der Waals surface area (Å²) in [5.74, 6) is 0.456. The maximum Gasteiger partial charge on any atom is 0.293 e. The molecule has 0 radical (unpaired) electrons. The van der Waals surface area contributed by atoms with Crippen molar-refractivity contribution in [2.75, 3.05) is 13.7 Å². The Hall–Kier alpha value is -1.65. The molecule has 0 spiro atoms. The molecule has 5 nitrogen and oxygen atoms in total. The van der Waals surface area contributed by atoms with Gasteiger partial charge in [-0.2, -0.15) is 0 Å².